The third-order valence-electron chi connectivity index (χ3n) is 2.72. The molecule has 19 heavy (non-hydrogen) atoms. The third kappa shape index (κ3) is 4.92. The van der Waals surface area contributed by atoms with Gasteiger partial charge < -0.3 is 16.8 Å². The first-order chi connectivity index (χ1) is 8.91. The van der Waals surface area contributed by atoms with Crippen molar-refractivity contribution in [2.75, 3.05) is 11.1 Å². The Morgan fingerprint density at radius 3 is 2.53 bits per heavy atom. The lowest BCUT2D eigenvalue weighted by Crippen LogP contribution is -2.34. The first-order valence-corrected chi connectivity index (χ1v) is 6.97. The molecule has 104 valence electrons. The minimum Gasteiger partial charge on any atom is -0.369 e. The number of thioether (sulfide) groups is 1. The topological polar surface area (TPSA) is 98.2 Å². The van der Waals surface area contributed by atoms with E-state index in [0.29, 0.717) is 5.69 Å². The Balaban J connectivity index is 2.77. The van der Waals surface area contributed by atoms with Crippen molar-refractivity contribution < 1.29 is 9.59 Å². The van der Waals surface area contributed by atoms with Crippen LogP contribution in [0.3, 0.4) is 0 Å². The number of anilines is 1. The molecule has 2 amide bonds. The molecular weight excluding hydrogens is 262 g/mol. The monoisotopic (exact) mass is 281 g/mol. The van der Waals surface area contributed by atoms with Crippen LogP contribution in [0.1, 0.15) is 13.8 Å². The van der Waals surface area contributed by atoms with Crippen LogP contribution < -0.4 is 16.8 Å². The minimum atomic E-state index is -0.393. The zero-order valence-electron chi connectivity index (χ0n) is 11.1. The van der Waals surface area contributed by atoms with Gasteiger partial charge in [0.05, 0.1) is 17.4 Å². The van der Waals surface area contributed by atoms with Gasteiger partial charge in [0, 0.05) is 10.9 Å². The molecule has 0 heterocycles. The molecule has 0 aromatic heterocycles. The average molecular weight is 281 g/mol. The fourth-order valence-electron chi connectivity index (χ4n) is 1.33. The van der Waals surface area contributed by atoms with Crippen LogP contribution >= 0.6 is 11.8 Å². The molecule has 5 nitrogen and oxygen atoms in total. The maximum absolute atomic E-state index is 12.0. The van der Waals surface area contributed by atoms with E-state index < -0.39 is 5.91 Å². The number of carbonyl (C=O) groups excluding carboxylic acids is 2. The third-order valence-corrected chi connectivity index (χ3v) is 3.81. The molecule has 0 spiro atoms. The summed E-state index contributed by atoms with van der Waals surface area (Å²) in [6.07, 6.45) is 0. The lowest BCUT2D eigenvalue weighted by atomic mass is 10.0. The summed E-state index contributed by atoms with van der Waals surface area (Å²) in [7, 11) is 0. The zero-order valence-corrected chi connectivity index (χ0v) is 11.9. The highest BCUT2D eigenvalue weighted by atomic mass is 32.2. The van der Waals surface area contributed by atoms with Gasteiger partial charge in [0.25, 0.3) is 0 Å². The molecule has 1 rings (SSSR count). The highest BCUT2D eigenvalue weighted by molar-refractivity contribution is 8.00. The van der Waals surface area contributed by atoms with Crippen LogP contribution in [0.15, 0.2) is 29.2 Å². The molecule has 1 aromatic carbocycles. The van der Waals surface area contributed by atoms with E-state index in [1.807, 2.05) is 18.2 Å². The van der Waals surface area contributed by atoms with Crippen LogP contribution in [-0.4, -0.2) is 23.6 Å². The lowest BCUT2D eigenvalue weighted by Gasteiger charge is -2.16. The quantitative estimate of drug-likeness (QED) is 0.682. The van der Waals surface area contributed by atoms with Gasteiger partial charge in [0.1, 0.15) is 0 Å². The van der Waals surface area contributed by atoms with Gasteiger partial charge in [-0.2, -0.15) is 0 Å². The Morgan fingerprint density at radius 2 is 1.95 bits per heavy atom. The van der Waals surface area contributed by atoms with Crippen molar-refractivity contribution >= 4 is 29.3 Å². The number of amides is 2. The lowest BCUT2D eigenvalue weighted by molar-refractivity contribution is -0.119. The molecule has 0 saturated carbocycles. The normalized spacial score (nSPS) is 13.6. The molecule has 0 bridgehead atoms. The van der Waals surface area contributed by atoms with Gasteiger partial charge in [-0.15, -0.1) is 11.8 Å². The van der Waals surface area contributed by atoms with Crippen molar-refractivity contribution in [3.05, 3.63) is 24.3 Å². The summed E-state index contributed by atoms with van der Waals surface area (Å²) in [5, 5.41) is 2.82. The second-order valence-corrected chi connectivity index (χ2v) is 5.41. The molecule has 1 aromatic rings. The summed E-state index contributed by atoms with van der Waals surface area (Å²) in [6, 6.07) is 7.06. The van der Waals surface area contributed by atoms with Crippen molar-refractivity contribution in [1.29, 1.82) is 0 Å². The van der Waals surface area contributed by atoms with Crippen LogP contribution in [0.5, 0.6) is 0 Å². The van der Waals surface area contributed by atoms with Crippen molar-refractivity contribution in [3.8, 4) is 0 Å². The van der Waals surface area contributed by atoms with Gasteiger partial charge in [-0.1, -0.05) is 19.1 Å². The second kappa shape index (κ2) is 7.16. The number of rotatable bonds is 6. The van der Waals surface area contributed by atoms with Gasteiger partial charge in [-0.25, -0.2) is 0 Å². The highest BCUT2D eigenvalue weighted by Crippen LogP contribution is 2.27. The molecule has 0 fully saturated rings. The summed E-state index contributed by atoms with van der Waals surface area (Å²) >= 11 is 1.30. The van der Waals surface area contributed by atoms with Gasteiger partial charge >= 0.3 is 0 Å². The number of primary amides is 1. The Morgan fingerprint density at radius 1 is 1.32 bits per heavy atom. The first-order valence-electron chi connectivity index (χ1n) is 5.98. The number of para-hydroxylation sites is 1. The summed E-state index contributed by atoms with van der Waals surface area (Å²) in [4.78, 5) is 23.6. The molecule has 0 aliphatic carbocycles. The van der Waals surface area contributed by atoms with E-state index in [1.54, 1.807) is 19.9 Å². The maximum atomic E-state index is 12.0. The molecule has 2 atom stereocenters. The summed E-state index contributed by atoms with van der Waals surface area (Å²) < 4.78 is 0. The molecule has 0 saturated heterocycles. The highest BCUT2D eigenvalue weighted by Gasteiger charge is 2.18. The van der Waals surface area contributed by atoms with Gasteiger partial charge in [0.15, 0.2) is 0 Å². The SMILES string of the molecule is CC(N)C(C)C(=O)Nc1ccccc1SCC(N)=O. The van der Waals surface area contributed by atoms with Crippen LogP contribution in [-0.2, 0) is 9.59 Å². The molecule has 0 aliphatic rings. The number of benzene rings is 1. The van der Waals surface area contributed by atoms with Crippen LogP contribution in [0, 0.1) is 5.92 Å². The first kappa shape index (κ1) is 15.5. The number of nitrogens with two attached hydrogens (primary N) is 2. The molecule has 0 aliphatic heterocycles. The number of hydrogen-bond acceptors (Lipinski definition) is 4. The molecule has 0 radical (unpaired) electrons. The predicted molar refractivity (Wildman–Crippen MR) is 77.8 cm³/mol. The molecule has 6 heteroatoms. The minimum absolute atomic E-state index is 0.137. The fraction of sp³-hybridized carbons (Fsp3) is 0.385. The van der Waals surface area contributed by atoms with Crippen molar-refractivity contribution in [2.45, 2.75) is 24.8 Å². The summed E-state index contributed by atoms with van der Waals surface area (Å²) in [5.41, 5.74) is 11.5. The molecular formula is C13H19N3O2S. The van der Waals surface area contributed by atoms with Crippen LogP contribution in [0.4, 0.5) is 5.69 Å². The van der Waals surface area contributed by atoms with E-state index in [9.17, 15) is 9.59 Å². The largest absolute Gasteiger partial charge is 0.369 e. The van der Waals surface area contributed by atoms with Crippen molar-refractivity contribution in [2.24, 2.45) is 17.4 Å². The summed E-state index contributed by atoms with van der Waals surface area (Å²) in [6.45, 7) is 3.57. The van der Waals surface area contributed by atoms with E-state index in [2.05, 4.69) is 5.32 Å². The number of nitrogens with one attached hydrogen (secondary N) is 1. The standard InChI is InChI=1S/C13H19N3O2S/c1-8(9(2)14)13(18)16-10-5-3-4-6-11(10)19-7-12(15)17/h3-6,8-9H,7,14H2,1-2H3,(H2,15,17)(H,16,18). The second-order valence-electron chi connectivity index (χ2n) is 4.39. The maximum Gasteiger partial charge on any atom is 0.228 e. The predicted octanol–water partition coefficient (Wildman–Crippen LogP) is 1.19. The Labute approximate surface area is 117 Å². The van der Waals surface area contributed by atoms with Crippen LogP contribution in [0.25, 0.3) is 0 Å². The van der Waals surface area contributed by atoms with E-state index in [4.69, 9.17) is 11.5 Å². The van der Waals surface area contributed by atoms with E-state index in [-0.39, 0.29) is 23.6 Å². The van der Waals surface area contributed by atoms with Crippen molar-refractivity contribution in [1.82, 2.24) is 0 Å². The number of carbonyl (C=O) groups is 2. The average Bonchev–Trinajstić information content (AvgIpc) is 2.36. The fourth-order valence-corrected chi connectivity index (χ4v) is 2.08. The Kier molecular flexibility index (Phi) is 5.85. The Hall–Kier alpha value is -1.53. The van der Waals surface area contributed by atoms with Crippen molar-refractivity contribution in [3.63, 3.8) is 0 Å². The van der Waals surface area contributed by atoms with Crippen LogP contribution in [0.2, 0.25) is 0 Å². The smallest absolute Gasteiger partial charge is 0.228 e. The zero-order chi connectivity index (χ0) is 14.4. The van der Waals surface area contributed by atoms with E-state index in [1.165, 1.54) is 11.8 Å². The Bertz CT molecular complexity index is 463. The number of hydrogen-bond donors (Lipinski definition) is 3. The molecule has 5 N–H and O–H groups in total. The summed E-state index contributed by atoms with van der Waals surface area (Å²) in [5.74, 6) is -0.637. The molecule has 2 unspecified atom stereocenters. The van der Waals surface area contributed by atoms with Gasteiger partial charge in [-0.3, -0.25) is 9.59 Å². The van der Waals surface area contributed by atoms with Gasteiger partial charge in [0.2, 0.25) is 11.8 Å². The van der Waals surface area contributed by atoms with Gasteiger partial charge in [-0.05, 0) is 19.1 Å². The van der Waals surface area contributed by atoms with E-state index in [0.717, 1.165) is 4.90 Å². The van der Waals surface area contributed by atoms with E-state index >= 15 is 0 Å².